The summed E-state index contributed by atoms with van der Waals surface area (Å²) in [6.07, 6.45) is 5.85. The summed E-state index contributed by atoms with van der Waals surface area (Å²) in [7, 11) is -3.35. The molecule has 0 spiro atoms. The van der Waals surface area contributed by atoms with Crippen LogP contribution in [0, 0.1) is 10.1 Å². The first kappa shape index (κ1) is 22.9. The highest BCUT2D eigenvalue weighted by Crippen LogP contribution is 2.22. The first-order chi connectivity index (χ1) is 14.7. The van der Waals surface area contributed by atoms with Crippen LogP contribution < -0.4 is 4.80 Å². The maximum absolute atomic E-state index is 12.4. The second kappa shape index (κ2) is 9.58. The predicted molar refractivity (Wildman–Crippen MR) is 124 cm³/mol. The Morgan fingerprint density at radius 2 is 2.06 bits per heavy atom. The van der Waals surface area contributed by atoms with Gasteiger partial charge >= 0.3 is 0 Å². The summed E-state index contributed by atoms with van der Waals surface area (Å²) < 4.78 is 26.4. The van der Waals surface area contributed by atoms with Crippen LogP contribution in [0.3, 0.4) is 0 Å². The van der Waals surface area contributed by atoms with Gasteiger partial charge in [0.1, 0.15) is 0 Å². The lowest BCUT2D eigenvalue weighted by Gasteiger charge is -2.04. The average molecular weight is 478 g/mol. The zero-order valence-electron chi connectivity index (χ0n) is 16.7. The normalized spacial score (nSPS) is 12.6. The van der Waals surface area contributed by atoms with Gasteiger partial charge in [0.15, 0.2) is 14.6 Å². The second-order valence-corrected chi connectivity index (χ2v) is 10.6. The van der Waals surface area contributed by atoms with Crippen molar-refractivity contribution in [3.8, 4) is 0 Å². The molecule has 0 bridgehead atoms. The summed E-state index contributed by atoms with van der Waals surface area (Å²) in [5.74, 6) is 0.282. The van der Waals surface area contributed by atoms with Gasteiger partial charge < -0.3 is 4.57 Å². The van der Waals surface area contributed by atoms with E-state index in [1.165, 1.54) is 35.6 Å². The van der Waals surface area contributed by atoms with Crippen molar-refractivity contribution in [1.82, 2.24) is 4.57 Å². The van der Waals surface area contributed by atoms with Crippen LogP contribution in [-0.2, 0) is 21.2 Å². The van der Waals surface area contributed by atoms with Gasteiger partial charge in [-0.1, -0.05) is 23.5 Å². The maximum atomic E-state index is 12.4. The topological polar surface area (TPSA) is 112 Å². The summed E-state index contributed by atoms with van der Waals surface area (Å²) in [5, 5.41) is 10.9. The smallest absolute Gasteiger partial charge is 0.272 e. The van der Waals surface area contributed by atoms with Gasteiger partial charge in [0, 0.05) is 36.8 Å². The molecule has 1 amide bonds. The summed E-state index contributed by atoms with van der Waals surface area (Å²) in [4.78, 5) is 27.7. The zero-order chi connectivity index (χ0) is 22.6. The van der Waals surface area contributed by atoms with E-state index in [1.54, 1.807) is 42.1 Å². The van der Waals surface area contributed by atoms with Gasteiger partial charge in [-0.3, -0.25) is 14.9 Å². The Labute approximate surface area is 187 Å². The monoisotopic (exact) mass is 477 g/mol. The van der Waals surface area contributed by atoms with Crippen LogP contribution in [0.4, 0.5) is 5.69 Å². The van der Waals surface area contributed by atoms with Crippen molar-refractivity contribution in [3.63, 3.8) is 0 Å². The van der Waals surface area contributed by atoms with E-state index in [-0.39, 0.29) is 10.6 Å². The minimum absolute atomic E-state index is 0.0624. The van der Waals surface area contributed by atoms with Crippen molar-refractivity contribution in [2.75, 3.05) is 18.3 Å². The predicted octanol–water partition coefficient (Wildman–Crippen LogP) is 3.52. The number of hydrogen-bond acceptors (Lipinski definition) is 7. The maximum Gasteiger partial charge on any atom is 0.272 e. The Hall–Kier alpha value is -2.76. The molecular weight excluding hydrogens is 458 g/mol. The number of carbonyl (C=O) groups is 1. The van der Waals surface area contributed by atoms with Gasteiger partial charge in [-0.25, -0.2) is 8.42 Å². The van der Waals surface area contributed by atoms with Crippen molar-refractivity contribution in [3.05, 3.63) is 69.0 Å². The first-order valence-corrected chi connectivity index (χ1v) is 13.1. The average Bonchev–Trinajstić information content (AvgIpc) is 3.06. The molecule has 3 aromatic rings. The zero-order valence-corrected chi connectivity index (χ0v) is 19.2. The molecule has 0 radical (unpaired) electrons. The molecule has 31 heavy (non-hydrogen) atoms. The van der Waals surface area contributed by atoms with E-state index in [4.69, 9.17) is 0 Å². The molecule has 1 aromatic heterocycles. The molecule has 0 N–H and O–H groups in total. The van der Waals surface area contributed by atoms with Crippen LogP contribution in [0.5, 0.6) is 0 Å². The summed E-state index contributed by atoms with van der Waals surface area (Å²) >= 11 is 2.89. The number of carbonyl (C=O) groups excluding carboxylic acids is 1. The highest BCUT2D eigenvalue weighted by atomic mass is 32.2. The number of rotatable bonds is 7. The molecule has 2 aromatic carbocycles. The molecule has 0 saturated carbocycles. The van der Waals surface area contributed by atoms with Gasteiger partial charge in [0.25, 0.3) is 11.6 Å². The summed E-state index contributed by atoms with van der Waals surface area (Å²) in [5.41, 5.74) is 1.26. The number of nitrogens with zero attached hydrogens (tertiary/aromatic N) is 3. The number of nitro benzene ring substituents is 1. The van der Waals surface area contributed by atoms with Crippen LogP contribution in [0.2, 0.25) is 0 Å². The summed E-state index contributed by atoms with van der Waals surface area (Å²) in [6.45, 7) is 0.611. The molecule has 0 fully saturated rings. The number of thiazole rings is 1. The van der Waals surface area contributed by atoms with Crippen molar-refractivity contribution in [1.29, 1.82) is 0 Å². The number of amides is 1. The molecule has 11 heteroatoms. The minimum atomic E-state index is -3.35. The molecule has 8 nitrogen and oxygen atoms in total. The minimum Gasteiger partial charge on any atom is -0.316 e. The van der Waals surface area contributed by atoms with Gasteiger partial charge in [-0.2, -0.15) is 16.8 Å². The lowest BCUT2D eigenvalue weighted by atomic mass is 10.2. The standard InChI is InChI=1S/C20H19N3O5S3/c1-29-11-10-22-17-8-7-16(31(2,27)28)13-18(17)30-20(22)21-19(24)9-6-14-4-3-5-15(12-14)23(25)26/h3-9,12-13H,10-11H2,1-2H3/b9-6+,21-20?. The van der Waals surface area contributed by atoms with Crippen LogP contribution in [0.15, 0.2) is 58.4 Å². The number of aryl methyl sites for hydroxylation is 1. The molecular formula is C20H19N3O5S3. The van der Waals surface area contributed by atoms with Gasteiger partial charge in [0.2, 0.25) is 0 Å². The highest BCUT2D eigenvalue weighted by Gasteiger charge is 2.12. The third kappa shape index (κ3) is 5.69. The van der Waals surface area contributed by atoms with Gasteiger partial charge in [-0.15, -0.1) is 0 Å². The van der Waals surface area contributed by atoms with E-state index in [2.05, 4.69) is 4.99 Å². The fraction of sp³-hybridized carbons (Fsp3) is 0.200. The lowest BCUT2D eigenvalue weighted by molar-refractivity contribution is -0.384. The number of thioether (sulfide) groups is 1. The van der Waals surface area contributed by atoms with Crippen LogP contribution in [0.1, 0.15) is 5.56 Å². The highest BCUT2D eigenvalue weighted by molar-refractivity contribution is 7.98. The largest absolute Gasteiger partial charge is 0.316 e. The molecule has 0 unspecified atom stereocenters. The number of hydrogen-bond donors (Lipinski definition) is 0. The van der Waals surface area contributed by atoms with Crippen molar-refractivity contribution in [2.45, 2.75) is 11.4 Å². The van der Waals surface area contributed by atoms with E-state index in [0.29, 0.717) is 16.9 Å². The number of aromatic nitrogens is 1. The quantitative estimate of drug-likeness (QED) is 0.292. The fourth-order valence-electron chi connectivity index (χ4n) is 2.81. The van der Waals surface area contributed by atoms with E-state index in [1.807, 2.05) is 10.8 Å². The third-order valence-corrected chi connectivity index (χ3v) is 7.05. The Kier molecular flexibility index (Phi) is 7.08. The first-order valence-electron chi connectivity index (χ1n) is 9.02. The fourth-order valence-corrected chi connectivity index (χ4v) is 5.00. The van der Waals surface area contributed by atoms with Crippen molar-refractivity contribution in [2.24, 2.45) is 4.99 Å². The van der Waals surface area contributed by atoms with Crippen molar-refractivity contribution < 1.29 is 18.1 Å². The molecule has 0 aliphatic rings. The molecule has 3 rings (SSSR count). The Balaban J connectivity index is 2.00. The van der Waals surface area contributed by atoms with Crippen molar-refractivity contribution >= 4 is 60.8 Å². The molecule has 0 aliphatic heterocycles. The number of benzene rings is 2. The summed E-state index contributed by atoms with van der Waals surface area (Å²) in [6, 6.07) is 10.8. The third-order valence-electron chi connectivity index (χ3n) is 4.31. The van der Waals surface area contributed by atoms with E-state index >= 15 is 0 Å². The van der Waals surface area contributed by atoms with Crippen LogP contribution in [-0.4, -0.2) is 42.1 Å². The van der Waals surface area contributed by atoms with Crippen LogP contribution >= 0.6 is 23.1 Å². The number of nitro groups is 1. The van der Waals surface area contributed by atoms with Gasteiger partial charge in [0.05, 0.1) is 20.0 Å². The van der Waals surface area contributed by atoms with E-state index < -0.39 is 20.7 Å². The Morgan fingerprint density at radius 1 is 1.29 bits per heavy atom. The number of sulfone groups is 1. The molecule has 1 heterocycles. The second-order valence-electron chi connectivity index (χ2n) is 6.57. The van der Waals surface area contributed by atoms with E-state index in [0.717, 1.165) is 22.2 Å². The molecule has 162 valence electrons. The molecule has 0 saturated heterocycles. The van der Waals surface area contributed by atoms with Gasteiger partial charge in [-0.05, 0) is 36.1 Å². The SMILES string of the molecule is CSCCn1c(=NC(=O)/C=C/c2cccc([N+](=O)[O-])c2)sc2cc(S(C)(=O)=O)ccc21. The lowest BCUT2D eigenvalue weighted by Crippen LogP contribution is -2.17. The number of non-ortho nitro benzene ring substituents is 1. The number of fused-ring (bicyclic) bond motifs is 1. The molecule has 0 atom stereocenters. The van der Waals surface area contributed by atoms with E-state index in [9.17, 15) is 23.3 Å². The Morgan fingerprint density at radius 3 is 2.74 bits per heavy atom. The molecule has 0 aliphatic carbocycles. The Bertz CT molecular complexity index is 1350. The van der Waals surface area contributed by atoms with Crippen LogP contribution in [0.25, 0.3) is 16.3 Å².